The molecular weight excluding hydrogens is 372 g/mol. The van der Waals surface area contributed by atoms with Gasteiger partial charge in [0.05, 0.1) is 5.56 Å². The second-order valence-corrected chi connectivity index (χ2v) is 6.98. The number of amides is 2. The monoisotopic (exact) mass is 396 g/mol. The smallest absolute Gasteiger partial charge is 0.276 e. The lowest BCUT2D eigenvalue weighted by molar-refractivity contribution is -0.123. The number of benzene rings is 1. The van der Waals surface area contributed by atoms with E-state index in [4.69, 9.17) is 9.26 Å². The Labute approximate surface area is 168 Å². The molecule has 2 heterocycles. The van der Waals surface area contributed by atoms with Gasteiger partial charge in [-0.3, -0.25) is 25.0 Å². The molecule has 29 heavy (non-hydrogen) atoms. The minimum Gasteiger partial charge on any atom is -0.483 e. The molecule has 0 unspecified atom stereocenters. The van der Waals surface area contributed by atoms with E-state index in [1.165, 1.54) is 0 Å². The number of hydrogen-bond donors (Lipinski definition) is 2. The largest absolute Gasteiger partial charge is 0.483 e. The van der Waals surface area contributed by atoms with Gasteiger partial charge in [0, 0.05) is 17.5 Å². The Morgan fingerprint density at radius 3 is 2.52 bits per heavy atom. The van der Waals surface area contributed by atoms with Crippen LogP contribution in [-0.4, -0.2) is 28.1 Å². The van der Waals surface area contributed by atoms with E-state index in [-0.39, 0.29) is 6.61 Å². The number of rotatable bonds is 5. The Kier molecular flexibility index (Phi) is 5.72. The number of hydrogen-bond acceptors (Lipinski definition) is 5. The fourth-order valence-electron chi connectivity index (χ4n) is 3.04. The van der Waals surface area contributed by atoms with Crippen LogP contribution in [0.5, 0.6) is 5.75 Å². The molecule has 152 valence electrons. The molecule has 3 aromatic rings. The molecule has 2 N–H and O–H groups in total. The van der Waals surface area contributed by atoms with Crippen LogP contribution in [0.4, 0.5) is 0 Å². The van der Waals surface area contributed by atoms with Crippen molar-refractivity contribution in [1.29, 1.82) is 0 Å². The van der Waals surface area contributed by atoms with Crippen LogP contribution in [0.15, 0.2) is 34.9 Å². The van der Waals surface area contributed by atoms with Crippen molar-refractivity contribution in [2.75, 3.05) is 6.61 Å². The standard InChI is InChI=1S/C21H24N4O4/c1-12-6-7-13(2)18(8-12)28-11-20(26)22-23-21(27)17-9-14(3)25(16(17)5)19-10-15(4)29-24-19/h6-10H,11H2,1-5H3,(H,22,26)(H,23,27). The minimum absolute atomic E-state index is 0.207. The number of aromatic nitrogens is 2. The summed E-state index contributed by atoms with van der Waals surface area (Å²) in [5.74, 6) is 1.03. The van der Waals surface area contributed by atoms with Gasteiger partial charge in [0.25, 0.3) is 11.8 Å². The summed E-state index contributed by atoms with van der Waals surface area (Å²) < 4.78 is 12.5. The molecule has 0 aliphatic carbocycles. The second-order valence-electron chi connectivity index (χ2n) is 6.98. The Balaban J connectivity index is 1.61. The summed E-state index contributed by atoms with van der Waals surface area (Å²) >= 11 is 0. The Hall–Kier alpha value is -3.55. The van der Waals surface area contributed by atoms with Crippen molar-refractivity contribution < 1.29 is 18.8 Å². The first-order valence-electron chi connectivity index (χ1n) is 9.18. The number of hydrazine groups is 1. The van der Waals surface area contributed by atoms with Crippen LogP contribution in [0.3, 0.4) is 0 Å². The predicted molar refractivity (Wildman–Crippen MR) is 107 cm³/mol. The molecule has 0 saturated carbocycles. The highest BCUT2D eigenvalue weighted by Gasteiger charge is 2.19. The quantitative estimate of drug-likeness (QED) is 0.646. The molecule has 2 amide bonds. The third-order valence-corrected chi connectivity index (χ3v) is 4.54. The van der Waals surface area contributed by atoms with E-state index in [2.05, 4.69) is 16.0 Å². The average Bonchev–Trinajstić information content (AvgIpc) is 3.22. The molecule has 8 nitrogen and oxygen atoms in total. The first kappa shape index (κ1) is 20.2. The molecule has 0 fully saturated rings. The van der Waals surface area contributed by atoms with Crippen LogP contribution in [-0.2, 0) is 4.79 Å². The minimum atomic E-state index is -0.458. The highest BCUT2D eigenvalue weighted by Crippen LogP contribution is 2.21. The molecule has 0 atom stereocenters. The molecule has 1 aromatic carbocycles. The molecule has 2 aromatic heterocycles. The number of ether oxygens (including phenoxy) is 1. The van der Waals surface area contributed by atoms with E-state index in [1.807, 2.05) is 43.5 Å². The first-order chi connectivity index (χ1) is 13.8. The zero-order valence-electron chi connectivity index (χ0n) is 17.1. The molecule has 3 rings (SSSR count). The van der Waals surface area contributed by atoms with E-state index in [1.54, 1.807) is 26.0 Å². The maximum absolute atomic E-state index is 12.5. The maximum Gasteiger partial charge on any atom is 0.276 e. The Morgan fingerprint density at radius 2 is 1.83 bits per heavy atom. The third-order valence-electron chi connectivity index (χ3n) is 4.54. The Morgan fingerprint density at radius 1 is 1.07 bits per heavy atom. The van der Waals surface area contributed by atoms with Crippen LogP contribution in [0.25, 0.3) is 5.82 Å². The van der Waals surface area contributed by atoms with Gasteiger partial charge in [-0.15, -0.1) is 0 Å². The molecule has 8 heteroatoms. The van der Waals surface area contributed by atoms with Gasteiger partial charge in [-0.25, -0.2) is 0 Å². The third kappa shape index (κ3) is 4.48. The van der Waals surface area contributed by atoms with Gasteiger partial charge in [0.1, 0.15) is 11.5 Å². The normalized spacial score (nSPS) is 10.7. The average molecular weight is 396 g/mol. The number of carbonyl (C=O) groups excluding carboxylic acids is 2. The molecule has 0 aliphatic heterocycles. The Bertz CT molecular complexity index is 1060. The van der Waals surface area contributed by atoms with Crippen LogP contribution >= 0.6 is 0 Å². The molecular formula is C21H24N4O4. The fraction of sp³-hybridized carbons (Fsp3) is 0.286. The number of nitrogens with one attached hydrogen (secondary N) is 2. The fourth-order valence-corrected chi connectivity index (χ4v) is 3.04. The molecule has 0 aliphatic rings. The van der Waals surface area contributed by atoms with Crippen molar-refractivity contribution in [2.24, 2.45) is 0 Å². The van der Waals surface area contributed by atoms with E-state index < -0.39 is 11.8 Å². The highest BCUT2D eigenvalue weighted by atomic mass is 16.5. The SMILES string of the molecule is Cc1ccc(C)c(OCC(=O)NNC(=O)c2cc(C)n(-c3cc(C)on3)c2C)c1. The lowest BCUT2D eigenvalue weighted by Crippen LogP contribution is -2.44. The highest BCUT2D eigenvalue weighted by molar-refractivity contribution is 5.97. The topological polar surface area (TPSA) is 98.4 Å². The summed E-state index contributed by atoms with van der Waals surface area (Å²) in [5, 5.41) is 3.99. The zero-order chi connectivity index (χ0) is 21.1. The lowest BCUT2D eigenvalue weighted by Gasteiger charge is -2.11. The van der Waals surface area contributed by atoms with Crippen LogP contribution < -0.4 is 15.6 Å². The second kappa shape index (κ2) is 8.22. The summed E-state index contributed by atoms with van der Waals surface area (Å²) in [6.45, 7) is 9.11. The summed E-state index contributed by atoms with van der Waals surface area (Å²) in [5.41, 5.74) is 8.72. The van der Waals surface area contributed by atoms with Crippen molar-refractivity contribution in [3.8, 4) is 11.6 Å². The van der Waals surface area contributed by atoms with Crippen molar-refractivity contribution in [3.63, 3.8) is 0 Å². The van der Waals surface area contributed by atoms with Gasteiger partial charge in [0.2, 0.25) is 0 Å². The van der Waals surface area contributed by atoms with Gasteiger partial charge in [-0.2, -0.15) is 0 Å². The van der Waals surface area contributed by atoms with Crippen LogP contribution in [0.2, 0.25) is 0 Å². The first-order valence-corrected chi connectivity index (χ1v) is 9.18. The van der Waals surface area contributed by atoms with Crippen molar-refractivity contribution in [1.82, 2.24) is 20.6 Å². The molecule has 0 bridgehead atoms. The van der Waals surface area contributed by atoms with Gasteiger partial charge in [0.15, 0.2) is 12.4 Å². The molecule has 0 spiro atoms. The van der Waals surface area contributed by atoms with E-state index >= 15 is 0 Å². The number of carbonyl (C=O) groups is 2. The number of nitrogens with zero attached hydrogens (tertiary/aromatic N) is 2. The van der Waals surface area contributed by atoms with Crippen molar-refractivity contribution in [3.05, 3.63) is 64.2 Å². The van der Waals surface area contributed by atoms with Gasteiger partial charge < -0.3 is 9.26 Å². The van der Waals surface area contributed by atoms with Crippen molar-refractivity contribution >= 4 is 11.8 Å². The lowest BCUT2D eigenvalue weighted by atomic mass is 10.1. The van der Waals surface area contributed by atoms with Gasteiger partial charge in [-0.1, -0.05) is 17.3 Å². The molecule has 0 radical (unpaired) electrons. The maximum atomic E-state index is 12.5. The van der Waals surface area contributed by atoms with E-state index in [0.29, 0.717) is 28.6 Å². The molecule has 0 saturated heterocycles. The van der Waals surface area contributed by atoms with Crippen LogP contribution in [0.1, 0.15) is 38.6 Å². The summed E-state index contributed by atoms with van der Waals surface area (Å²) in [7, 11) is 0. The van der Waals surface area contributed by atoms with E-state index in [0.717, 1.165) is 16.8 Å². The summed E-state index contributed by atoms with van der Waals surface area (Å²) in [6.07, 6.45) is 0. The van der Waals surface area contributed by atoms with Gasteiger partial charge in [-0.05, 0) is 57.9 Å². The zero-order valence-corrected chi connectivity index (χ0v) is 17.1. The number of aryl methyl sites for hydroxylation is 4. The van der Waals surface area contributed by atoms with E-state index in [9.17, 15) is 9.59 Å². The van der Waals surface area contributed by atoms with Crippen LogP contribution in [0, 0.1) is 34.6 Å². The predicted octanol–water partition coefficient (Wildman–Crippen LogP) is 2.85. The van der Waals surface area contributed by atoms with Crippen molar-refractivity contribution in [2.45, 2.75) is 34.6 Å². The summed E-state index contributed by atoms with van der Waals surface area (Å²) in [6, 6.07) is 9.28. The van der Waals surface area contributed by atoms with Gasteiger partial charge >= 0.3 is 0 Å². The summed E-state index contributed by atoms with van der Waals surface area (Å²) in [4.78, 5) is 24.6.